The van der Waals surface area contributed by atoms with E-state index in [4.69, 9.17) is 5.11 Å². The van der Waals surface area contributed by atoms with Crippen molar-refractivity contribution in [2.45, 2.75) is 33.1 Å². The van der Waals surface area contributed by atoms with Crippen LogP contribution in [0.15, 0.2) is 0 Å². The van der Waals surface area contributed by atoms with Gasteiger partial charge in [-0.1, -0.05) is 13.8 Å². The highest BCUT2D eigenvalue weighted by Gasteiger charge is 2.34. The van der Waals surface area contributed by atoms with E-state index in [9.17, 15) is 4.79 Å². The summed E-state index contributed by atoms with van der Waals surface area (Å²) < 4.78 is 0. The highest BCUT2D eigenvalue weighted by molar-refractivity contribution is 5.82. The molecule has 0 aromatic heterocycles. The molecule has 0 bridgehead atoms. The van der Waals surface area contributed by atoms with Gasteiger partial charge in [0.2, 0.25) is 0 Å². The molecule has 17 heavy (non-hydrogen) atoms. The summed E-state index contributed by atoms with van der Waals surface area (Å²) in [7, 11) is 0. The van der Waals surface area contributed by atoms with Gasteiger partial charge in [0, 0.05) is 32.0 Å². The normalized spacial score (nSPS) is 39.8. The molecule has 1 saturated heterocycles. The number of rotatable bonds is 3. The van der Waals surface area contributed by atoms with Gasteiger partial charge in [0.25, 0.3) is 0 Å². The number of nitrogens with zero attached hydrogens (tertiary/aromatic N) is 1. The standard InChI is InChI=1S/C14H25NO2/c1-10-5-11(2)13(14(17)6-10)8-15-4-3-12(7-15)9-16/h10-13,16H,3-9H2,1-2H3. The zero-order valence-corrected chi connectivity index (χ0v) is 11.1. The van der Waals surface area contributed by atoms with E-state index in [0.29, 0.717) is 30.1 Å². The fraction of sp³-hybridized carbons (Fsp3) is 0.929. The van der Waals surface area contributed by atoms with Gasteiger partial charge >= 0.3 is 0 Å². The molecule has 0 aromatic carbocycles. The number of aliphatic hydroxyl groups excluding tert-OH is 1. The number of aliphatic hydroxyl groups is 1. The van der Waals surface area contributed by atoms with E-state index in [0.717, 1.165) is 32.5 Å². The topological polar surface area (TPSA) is 40.5 Å². The van der Waals surface area contributed by atoms with Gasteiger partial charge in [0.05, 0.1) is 0 Å². The molecule has 0 radical (unpaired) electrons. The molecule has 1 saturated carbocycles. The maximum Gasteiger partial charge on any atom is 0.137 e. The molecule has 3 nitrogen and oxygen atoms in total. The van der Waals surface area contributed by atoms with Crippen LogP contribution in [0.5, 0.6) is 0 Å². The van der Waals surface area contributed by atoms with E-state index in [1.54, 1.807) is 0 Å². The summed E-state index contributed by atoms with van der Waals surface area (Å²) >= 11 is 0. The Hall–Kier alpha value is -0.410. The quantitative estimate of drug-likeness (QED) is 0.812. The molecule has 0 amide bonds. The zero-order valence-electron chi connectivity index (χ0n) is 11.1. The minimum Gasteiger partial charge on any atom is -0.396 e. The van der Waals surface area contributed by atoms with Crippen molar-refractivity contribution in [1.29, 1.82) is 0 Å². The van der Waals surface area contributed by atoms with E-state index in [1.165, 1.54) is 6.42 Å². The molecule has 4 unspecified atom stereocenters. The van der Waals surface area contributed by atoms with Crippen LogP contribution in [0.2, 0.25) is 0 Å². The van der Waals surface area contributed by atoms with E-state index in [-0.39, 0.29) is 5.92 Å². The Bertz CT molecular complexity index is 279. The van der Waals surface area contributed by atoms with Crippen molar-refractivity contribution in [3.05, 3.63) is 0 Å². The van der Waals surface area contributed by atoms with Crippen molar-refractivity contribution in [3.63, 3.8) is 0 Å². The lowest BCUT2D eigenvalue weighted by Crippen LogP contribution is -2.39. The fourth-order valence-electron chi connectivity index (χ4n) is 3.48. The van der Waals surface area contributed by atoms with Gasteiger partial charge in [-0.05, 0) is 37.1 Å². The lowest BCUT2D eigenvalue weighted by Gasteiger charge is -2.33. The third-order valence-electron chi connectivity index (χ3n) is 4.51. The van der Waals surface area contributed by atoms with Crippen molar-refractivity contribution in [3.8, 4) is 0 Å². The molecular formula is C14H25NO2. The number of carbonyl (C=O) groups is 1. The smallest absolute Gasteiger partial charge is 0.137 e. The van der Waals surface area contributed by atoms with E-state index in [2.05, 4.69) is 18.7 Å². The van der Waals surface area contributed by atoms with Crippen molar-refractivity contribution in [2.75, 3.05) is 26.2 Å². The Balaban J connectivity index is 1.88. The van der Waals surface area contributed by atoms with Crippen LogP contribution in [0, 0.1) is 23.7 Å². The van der Waals surface area contributed by atoms with Gasteiger partial charge < -0.3 is 10.0 Å². The highest BCUT2D eigenvalue weighted by atomic mass is 16.3. The average Bonchev–Trinajstić information content (AvgIpc) is 2.71. The lowest BCUT2D eigenvalue weighted by molar-refractivity contribution is -0.128. The third-order valence-corrected chi connectivity index (χ3v) is 4.51. The number of carbonyl (C=O) groups excluding carboxylic acids is 1. The second-order valence-electron chi connectivity index (χ2n) is 6.19. The molecule has 98 valence electrons. The number of Topliss-reactive ketones (excluding diaryl/α,β-unsaturated/α-hetero) is 1. The predicted octanol–water partition coefficient (Wildman–Crippen LogP) is 1.55. The SMILES string of the molecule is CC1CC(=O)C(CN2CCC(CO)C2)C(C)C1. The molecule has 1 aliphatic carbocycles. The van der Waals surface area contributed by atoms with E-state index >= 15 is 0 Å². The first kappa shape index (κ1) is 13.0. The predicted molar refractivity (Wildman–Crippen MR) is 67.7 cm³/mol. The van der Waals surface area contributed by atoms with Gasteiger partial charge in [0.1, 0.15) is 5.78 Å². The molecule has 1 aliphatic heterocycles. The Morgan fingerprint density at radius 3 is 2.76 bits per heavy atom. The average molecular weight is 239 g/mol. The molecule has 2 aliphatic rings. The van der Waals surface area contributed by atoms with Crippen LogP contribution in [0.1, 0.15) is 33.1 Å². The summed E-state index contributed by atoms with van der Waals surface area (Å²) in [6.07, 6.45) is 3.04. The second-order valence-corrected chi connectivity index (χ2v) is 6.19. The summed E-state index contributed by atoms with van der Waals surface area (Å²) in [6, 6.07) is 0. The van der Waals surface area contributed by atoms with Gasteiger partial charge in [-0.3, -0.25) is 4.79 Å². The number of hydrogen-bond donors (Lipinski definition) is 1. The van der Waals surface area contributed by atoms with Gasteiger partial charge in [-0.2, -0.15) is 0 Å². The van der Waals surface area contributed by atoms with Crippen LogP contribution in [0.25, 0.3) is 0 Å². The first-order chi connectivity index (χ1) is 8.10. The maximum absolute atomic E-state index is 12.1. The molecule has 0 aromatic rings. The summed E-state index contributed by atoms with van der Waals surface area (Å²) in [5.74, 6) is 2.23. The number of ketones is 1. The first-order valence-corrected chi connectivity index (χ1v) is 6.96. The summed E-state index contributed by atoms with van der Waals surface area (Å²) in [5.41, 5.74) is 0. The van der Waals surface area contributed by atoms with Crippen LogP contribution in [0.3, 0.4) is 0 Å². The minimum absolute atomic E-state index is 0.239. The van der Waals surface area contributed by atoms with Crippen LogP contribution >= 0.6 is 0 Å². The Morgan fingerprint density at radius 2 is 2.18 bits per heavy atom. The van der Waals surface area contributed by atoms with Crippen molar-refractivity contribution in [1.82, 2.24) is 4.90 Å². The molecule has 0 spiro atoms. The van der Waals surface area contributed by atoms with Gasteiger partial charge in [-0.25, -0.2) is 0 Å². The van der Waals surface area contributed by atoms with Crippen molar-refractivity contribution >= 4 is 5.78 Å². The van der Waals surface area contributed by atoms with E-state index < -0.39 is 0 Å². The summed E-state index contributed by atoms with van der Waals surface area (Å²) in [4.78, 5) is 14.4. The Kier molecular flexibility index (Phi) is 4.21. The second kappa shape index (κ2) is 5.49. The molecule has 1 heterocycles. The van der Waals surface area contributed by atoms with Gasteiger partial charge in [-0.15, -0.1) is 0 Å². The molecular weight excluding hydrogens is 214 g/mol. The molecule has 1 N–H and O–H groups in total. The fourth-order valence-corrected chi connectivity index (χ4v) is 3.48. The van der Waals surface area contributed by atoms with Gasteiger partial charge in [0.15, 0.2) is 0 Å². The Morgan fingerprint density at radius 1 is 1.41 bits per heavy atom. The maximum atomic E-state index is 12.1. The first-order valence-electron chi connectivity index (χ1n) is 6.96. The number of hydrogen-bond acceptors (Lipinski definition) is 3. The minimum atomic E-state index is 0.239. The summed E-state index contributed by atoms with van der Waals surface area (Å²) in [6.45, 7) is 7.64. The van der Waals surface area contributed by atoms with Crippen LogP contribution in [0.4, 0.5) is 0 Å². The highest BCUT2D eigenvalue weighted by Crippen LogP contribution is 2.32. The molecule has 4 atom stereocenters. The lowest BCUT2D eigenvalue weighted by atomic mass is 9.74. The molecule has 3 heteroatoms. The van der Waals surface area contributed by atoms with Crippen LogP contribution in [-0.4, -0.2) is 42.0 Å². The zero-order chi connectivity index (χ0) is 12.4. The molecule has 2 fully saturated rings. The monoisotopic (exact) mass is 239 g/mol. The Labute approximate surface area is 104 Å². The van der Waals surface area contributed by atoms with Crippen LogP contribution in [-0.2, 0) is 4.79 Å². The van der Waals surface area contributed by atoms with Crippen molar-refractivity contribution in [2.24, 2.45) is 23.7 Å². The van der Waals surface area contributed by atoms with E-state index in [1.807, 2.05) is 0 Å². The third kappa shape index (κ3) is 3.08. The van der Waals surface area contributed by atoms with Crippen LogP contribution < -0.4 is 0 Å². The van der Waals surface area contributed by atoms with Crippen molar-refractivity contribution < 1.29 is 9.90 Å². The number of likely N-dealkylation sites (tertiary alicyclic amines) is 1. The largest absolute Gasteiger partial charge is 0.396 e. The summed E-state index contributed by atoms with van der Waals surface area (Å²) in [5, 5.41) is 9.13. The molecule has 2 rings (SSSR count).